The Labute approximate surface area is 91.7 Å². The van der Waals surface area contributed by atoms with Gasteiger partial charge in [0, 0.05) is 0 Å². The molecule has 0 aliphatic carbocycles. The first-order chi connectivity index (χ1) is 5.58. The number of thiophene rings is 1. The van der Waals surface area contributed by atoms with Gasteiger partial charge < -0.3 is 5.32 Å². The molecule has 1 aromatic heterocycles. The van der Waals surface area contributed by atoms with Gasteiger partial charge in [0.2, 0.25) is 0 Å². The van der Waals surface area contributed by atoms with E-state index in [0.717, 1.165) is 10.6 Å². The minimum absolute atomic E-state index is 0.436. The van der Waals surface area contributed by atoms with Gasteiger partial charge in [0.25, 0.3) is 4.03 Å². The van der Waals surface area contributed by atoms with Gasteiger partial charge in [-0.2, -0.15) is 0 Å². The van der Waals surface area contributed by atoms with Gasteiger partial charge in [0.1, 0.15) is 5.17 Å². The highest BCUT2D eigenvalue weighted by Crippen LogP contribution is 2.37. The fraction of sp³-hybridized carbons (Fsp3) is 0.167. The largest absolute Gasteiger partial charge is 0.338 e. The van der Waals surface area contributed by atoms with Gasteiger partial charge in [-0.1, -0.05) is 23.2 Å². The lowest BCUT2D eigenvalue weighted by atomic mass is 10.4. The van der Waals surface area contributed by atoms with Crippen LogP contribution in [0.4, 0.5) is 5.69 Å². The lowest BCUT2D eigenvalue weighted by molar-refractivity contribution is 0.983. The molecule has 0 radical (unpaired) electrons. The highest BCUT2D eigenvalue weighted by atomic mass is 79.9. The molecule has 0 bridgehead atoms. The Bertz CT molecular complexity index is 347. The summed E-state index contributed by atoms with van der Waals surface area (Å²) in [5, 5.41) is 5.33. The van der Waals surface area contributed by atoms with E-state index in [9.17, 15) is 0 Å². The molecule has 0 saturated carbocycles. The van der Waals surface area contributed by atoms with Gasteiger partial charge in [-0.05, 0) is 27.4 Å². The number of hydrogen-bond acceptors (Lipinski definition) is 3. The first-order valence-corrected chi connectivity index (χ1v) is 5.50. The summed E-state index contributed by atoms with van der Waals surface area (Å²) in [6.45, 7) is 0. The van der Waals surface area contributed by atoms with Crippen molar-refractivity contribution in [2.24, 2.45) is 4.99 Å². The van der Waals surface area contributed by atoms with E-state index < -0.39 is 4.03 Å². The zero-order valence-corrected chi connectivity index (χ0v) is 9.56. The number of rotatable bonds is 0. The van der Waals surface area contributed by atoms with Crippen LogP contribution < -0.4 is 5.32 Å². The van der Waals surface area contributed by atoms with Crippen LogP contribution in [0.15, 0.2) is 16.4 Å². The van der Waals surface area contributed by atoms with Crippen LogP contribution in [0.1, 0.15) is 4.88 Å². The Kier molecular flexibility index (Phi) is 2.11. The Morgan fingerprint density at radius 2 is 2.42 bits per heavy atom. The van der Waals surface area contributed by atoms with Crippen molar-refractivity contribution in [3.8, 4) is 0 Å². The third-order valence-electron chi connectivity index (χ3n) is 1.38. The molecule has 1 atom stereocenters. The molecule has 1 N–H and O–H groups in total. The molecule has 0 spiro atoms. The lowest BCUT2D eigenvalue weighted by Gasteiger charge is -2.22. The number of fused-ring (bicyclic) bond motifs is 1. The van der Waals surface area contributed by atoms with Crippen LogP contribution in [0.3, 0.4) is 0 Å². The van der Waals surface area contributed by atoms with Crippen molar-refractivity contribution < 1.29 is 0 Å². The highest BCUT2D eigenvalue weighted by Gasteiger charge is 2.29. The number of anilines is 1. The molecule has 1 aromatic rings. The second-order valence-corrected chi connectivity index (χ2v) is 5.66. The molecule has 0 aromatic carbocycles. The van der Waals surface area contributed by atoms with Gasteiger partial charge in [-0.15, -0.1) is 11.3 Å². The normalized spacial score (nSPS) is 27.4. The van der Waals surface area contributed by atoms with Crippen LogP contribution in [0.5, 0.6) is 0 Å². The van der Waals surface area contributed by atoms with Gasteiger partial charge in [-0.25, -0.2) is 4.99 Å². The van der Waals surface area contributed by atoms with Crippen molar-refractivity contribution in [1.29, 1.82) is 0 Å². The number of halogens is 3. The standard InChI is InChI=1S/C6H3BrCl2N2S/c7-6(9)10-3-1-2-12-4(3)5(8)11-6/h1-2,10H. The van der Waals surface area contributed by atoms with Crippen molar-refractivity contribution in [3.05, 3.63) is 16.3 Å². The molecule has 2 heterocycles. The van der Waals surface area contributed by atoms with Crippen LogP contribution in [-0.2, 0) is 0 Å². The van der Waals surface area contributed by atoms with Crippen molar-refractivity contribution in [2.45, 2.75) is 4.03 Å². The predicted octanol–water partition coefficient (Wildman–Crippen LogP) is 3.40. The Balaban J connectivity index is 2.52. The number of alkyl halides is 2. The summed E-state index contributed by atoms with van der Waals surface area (Å²) in [5.74, 6) is 0. The molecule has 1 unspecified atom stereocenters. The summed E-state index contributed by atoms with van der Waals surface area (Å²) in [7, 11) is 0. The molecular weight excluding hydrogens is 283 g/mol. The SMILES string of the molecule is ClC1=NC(Cl)(Br)Nc2ccsc21. The molecular formula is C6H3BrCl2N2S. The maximum Gasteiger partial charge on any atom is 0.265 e. The smallest absolute Gasteiger partial charge is 0.265 e. The summed E-state index contributed by atoms with van der Waals surface area (Å²) in [6, 6.07) is 1.91. The minimum Gasteiger partial charge on any atom is -0.338 e. The molecule has 0 saturated heterocycles. The first-order valence-electron chi connectivity index (χ1n) is 3.08. The van der Waals surface area contributed by atoms with E-state index in [1.165, 1.54) is 11.3 Å². The maximum absolute atomic E-state index is 5.89. The van der Waals surface area contributed by atoms with Gasteiger partial charge in [0.15, 0.2) is 0 Å². The fourth-order valence-corrected chi connectivity index (χ4v) is 2.75. The maximum atomic E-state index is 5.89. The van der Waals surface area contributed by atoms with E-state index in [1.807, 2.05) is 11.4 Å². The summed E-state index contributed by atoms with van der Waals surface area (Å²) >= 11 is 16.5. The predicted molar refractivity (Wildman–Crippen MR) is 57.8 cm³/mol. The van der Waals surface area contributed by atoms with Crippen LogP contribution >= 0.6 is 50.5 Å². The molecule has 6 heteroatoms. The van der Waals surface area contributed by atoms with Crippen LogP contribution in [-0.4, -0.2) is 9.20 Å². The number of nitrogens with zero attached hydrogens (tertiary/aromatic N) is 1. The zero-order chi connectivity index (χ0) is 8.77. The van der Waals surface area contributed by atoms with Gasteiger partial charge in [0.05, 0.1) is 10.6 Å². The molecule has 2 nitrogen and oxygen atoms in total. The average Bonchev–Trinajstić information content (AvgIpc) is 2.31. The quantitative estimate of drug-likeness (QED) is 0.573. The zero-order valence-electron chi connectivity index (χ0n) is 5.64. The minimum atomic E-state index is -0.988. The molecule has 64 valence electrons. The number of nitrogens with one attached hydrogen (secondary N) is 1. The number of aliphatic imine (C=N–C) groups is 1. The summed E-state index contributed by atoms with van der Waals surface area (Å²) < 4.78 is -0.988. The van der Waals surface area contributed by atoms with Crippen LogP contribution in [0, 0.1) is 0 Å². The molecule has 0 fully saturated rings. The molecule has 1 aliphatic heterocycles. The molecule has 0 amide bonds. The third kappa shape index (κ3) is 1.48. The Morgan fingerprint density at radius 3 is 3.17 bits per heavy atom. The molecule has 1 aliphatic rings. The molecule has 12 heavy (non-hydrogen) atoms. The fourth-order valence-electron chi connectivity index (χ4n) is 0.931. The Hall–Kier alpha value is 0.230. The van der Waals surface area contributed by atoms with Gasteiger partial charge >= 0.3 is 0 Å². The van der Waals surface area contributed by atoms with E-state index in [0.29, 0.717) is 5.17 Å². The van der Waals surface area contributed by atoms with E-state index >= 15 is 0 Å². The monoisotopic (exact) mass is 284 g/mol. The molecule has 2 rings (SSSR count). The van der Waals surface area contributed by atoms with Crippen molar-refractivity contribution >= 4 is 61.3 Å². The number of hydrogen-bond donors (Lipinski definition) is 1. The lowest BCUT2D eigenvalue weighted by Crippen LogP contribution is -2.26. The van der Waals surface area contributed by atoms with Crippen LogP contribution in [0.2, 0.25) is 0 Å². The second-order valence-electron chi connectivity index (χ2n) is 2.23. The van der Waals surface area contributed by atoms with E-state index in [2.05, 4.69) is 26.2 Å². The first kappa shape index (κ1) is 8.81. The summed E-state index contributed by atoms with van der Waals surface area (Å²) in [5.41, 5.74) is 0.909. The van der Waals surface area contributed by atoms with E-state index in [-0.39, 0.29) is 0 Å². The Morgan fingerprint density at radius 1 is 1.67 bits per heavy atom. The highest BCUT2D eigenvalue weighted by molar-refractivity contribution is 9.10. The van der Waals surface area contributed by atoms with Gasteiger partial charge in [-0.3, -0.25) is 0 Å². The van der Waals surface area contributed by atoms with Crippen LogP contribution in [0.25, 0.3) is 0 Å². The summed E-state index contributed by atoms with van der Waals surface area (Å²) in [4.78, 5) is 4.92. The van der Waals surface area contributed by atoms with E-state index in [4.69, 9.17) is 23.2 Å². The van der Waals surface area contributed by atoms with E-state index in [1.54, 1.807) is 0 Å². The second kappa shape index (κ2) is 2.87. The van der Waals surface area contributed by atoms with Crippen molar-refractivity contribution in [1.82, 2.24) is 0 Å². The summed E-state index contributed by atoms with van der Waals surface area (Å²) in [6.07, 6.45) is 0. The third-order valence-corrected chi connectivity index (χ3v) is 3.24. The van der Waals surface area contributed by atoms with Crippen molar-refractivity contribution in [2.75, 3.05) is 5.32 Å². The average molecular weight is 286 g/mol. The topological polar surface area (TPSA) is 24.4 Å². The van der Waals surface area contributed by atoms with Crippen molar-refractivity contribution in [3.63, 3.8) is 0 Å².